The zero-order valence-corrected chi connectivity index (χ0v) is 17.7. The number of nitrogens with zero attached hydrogens (tertiary/aromatic N) is 2. The molecule has 2 aromatic rings. The van der Waals surface area contributed by atoms with Gasteiger partial charge in [-0.2, -0.15) is 0 Å². The Bertz CT molecular complexity index is 851. The molecule has 1 fully saturated rings. The van der Waals surface area contributed by atoms with E-state index in [1.807, 2.05) is 43.1 Å². The van der Waals surface area contributed by atoms with Gasteiger partial charge in [0.2, 0.25) is 5.91 Å². The molecule has 1 aliphatic rings. The zero-order valence-electron chi connectivity index (χ0n) is 17.7. The number of hydrogen-bond acceptors (Lipinski definition) is 6. The maximum atomic E-state index is 12.9. The Kier molecular flexibility index (Phi) is 7.30. The second-order valence-corrected chi connectivity index (χ2v) is 7.13. The van der Waals surface area contributed by atoms with Gasteiger partial charge in [0, 0.05) is 6.54 Å². The molecule has 0 N–H and O–H groups in total. The molecule has 1 atom stereocenters. The second-order valence-electron chi connectivity index (χ2n) is 7.13. The van der Waals surface area contributed by atoms with Crippen LogP contribution in [0.2, 0.25) is 0 Å². The summed E-state index contributed by atoms with van der Waals surface area (Å²) in [5.74, 6) is 1.80. The van der Waals surface area contributed by atoms with E-state index in [9.17, 15) is 9.59 Å². The van der Waals surface area contributed by atoms with Gasteiger partial charge in [0.15, 0.2) is 0 Å². The maximum Gasteiger partial charge on any atom is 0.251 e. The SMILES string of the molecule is CCCOc1ccc(N2C(=O)C[C@@H](N(C)CCOc3ccc(OC)cc3)C2=O)cc1. The summed E-state index contributed by atoms with van der Waals surface area (Å²) in [7, 11) is 3.45. The summed E-state index contributed by atoms with van der Waals surface area (Å²) in [6, 6.07) is 13.9. The number of anilines is 1. The number of benzene rings is 2. The van der Waals surface area contributed by atoms with E-state index in [0.717, 1.165) is 23.7 Å². The van der Waals surface area contributed by atoms with Gasteiger partial charge in [-0.05, 0) is 62.0 Å². The number of rotatable bonds is 10. The highest BCUT2D eigenvalue weighted by Gasteiger charge is 2.41. The average molecular weight is 412 g/mol. The summed E-state index contributed by atoms with van der Waals surface area (Å²) < 4.78 is 16.4. The topological polar surface area (TPSA) is 68.3 Å². The van der Waals surface area contributed by atoms with E-state index in [0.29, 0.717) is 25.4 Å². The van der Waals surface area contributed by atoms with Gasteiger partial charge in [-0.15, -0.1) is 0 Å². The Labute approximate surface area is 177 Å². The van der Waals surface area contributed by atoms with Gasteiger partial charge in [0.05, 0.1) is 31.9 Å². The molecule has 0 aromatic heterocycles. The molecule has 0 radical (unpaired) electrons. The van der Waals surface area contributed by atoms with Gasteiger partial charge in [-0.3, -0.25) is 14.5 Å². The lowest BCUT2D eigenvalue weighted by Gasteiger charge is -2.23. The van der Waals surface area contributed by atoms with Gasteiger partial charge in [-0.25, -0.2) is 4.90 Å². The summed E-state index contributed by atoms with van der Waals surface area (Å²) in [6.45, 7) is 3.60. The first kappa shape index (κ1) is 21.6. The zero-order chi connectivity index (χ0) is 21.5. The van der Waals surface area contributed by atoms with Gasteiger partial charge < -0.3 is 14.2 Å². The van der Waals surface area contributed by atoms with E-state index in [4.69, 9.17) is 14.2 Å². The van der Waals surface area contributed by atoms with Crippen LogP contribution in [-0.2, 0) is 9.59 Å². The minimum atomic E-state index is -0.493. The largest absolute Gasteiger partial charge is 0.497 e. The molecule has 1 heterocycles. The normalized spacial score (nSPS) is 16.3. The van der Waals surface area contributed by atoms with Crippen molar-refractivity contribution in [3.8, 4) is 17.2 Å². The Hall–Kier alpha value is -3.06. The monoisotopic (exact) mass is 412 g/mol. The van der Waals surface area contributed by atoms with E-state index in [1.165, 1.54) is 4.90 Å². The van der Waals surface area contributed by atoms with E-state index in [2.05, 4.69) is 0 Å². The molecule has 0 saturated carbocycles. The molecule has 3 rings (SSSR count). The molecular formula is C23H28N2O5. The molecule has 7 nitrogen and oxygen atoms in total. The van der Waals surface area contributed by atoms with Crippen molar-refractivity contribution in [2.45, 2.75) is 25.8 Å². The fourth-order valence-corrected chi connectivity index (χ4v) is 3.28. The summed E-state index contributed by atoms with van der Waals surface area (Å²) in [5.41, 5.74) is 0.569. The van der Waals surface area contributed by atoms with Crippen LogP contribution in [0.4, 0.5) is 5.69 Å². The van der Waals surface area contributed by atoms with E-state index < -0.39 is 6.04 Å². The van der Waals surface area contributed by atoms with Gasteiger partial charge in [0.1, 0.15) is 23.9 Å². The highest BCUT2D eigenvalue weighted by atomic mass is 16.5. The number of likely N-dealkylation sites (N-methyl/N-ethyl adjacent to an activating group) is 1. The van der Waals surface area contributed by atoms with Crippen LogP contribution < -0.4 is 19.1 Å². The average Bonchev–Trinajstić information content (AvgIpc) is 3.07. The van der Waals surface area contributed by atoms with Crippen molar-refractivity contribution in [1.29, 1.82) is 0 Å². The van der Waals surface area contributed by atoms with Crippen molar-refractivity contribution < 1.29 is 23.8 Å². The van der Waals surface area contributed by atoms with E-state index >= 15 is 0 Å². The minimum Gasteiger partial charge on any atom is -0.497 e. The summed E-state index contributed by atoms with van der Waals surface area (Å²) in [4.78, 5) is 28.5. The molecule has 7 heteroatoms. The Morgan fingerprint density at radius 2 is 1.50 bits per heavy atom. The molecule has 0 aliphatic carbocycles. The number of imide groups is 1. The number of amides is 2. The minimum absolute atomic E-state index is 0.159. The summed E-state index contributed by atoms with van der Waals surface area (Å²) >= 11 is 0. The third kappa shape index (κ3) is 5.10. The Morgan fingerprint density at radius 1 is 0.933 bits per heavy atom. The Morgan fingerprint density at radius 3 is 2.10 bits per heavy atom. The highest BCUT2D eigenvalue weighted by molar-refractivity contribution is 6.22. The van der Waals surface area contributed by atoms with Crippen molar-refractivity contribution in [3.63, 3.8) is 0 Å². The Balaban J connectivity index is 1.55. The van der Waals surface area contributed by atoms with E-state index in [-0.39, 0.29) is 18.2 Å². The van der Waals surface area contributed by atoms with Crippen LogP contribution in [0.25, 0.3) is 0 Å². The summed E-state index contributed by atoms with van der Waals surface area (Å²) in [5, 5.41) is 0. The van der Waals surface area contributed by atoms with Gasteiger partial charge in [-0.1, -0.05) is 6.92 Å². The molecule has 160 valence electrons. The van der Waals surface area contributed by atoms with Crippen LogP contribution in [-0.4, -0.2) is 56.7 Å². The molecule has 0 spiro atoms. The fourth-order valence-electron chi connectivity index (χ4n) is 3.28. The standard InChI is InChI=1S/C23H28N2O5/c1-4-14-29-19-7-5-17(6-8-19)25-22(26)16-21(23(25)27)24(2)13-15-30-20-11-9-18(28-3)10-12-20/h5-12,21H,4,13-16H2,1-3H3/t21-/m1/s1. The third-order valence-corrected chi connectivity index (χ3v) is 4.99. The van der Waals surface area contributed by atoms with Crippen LogP contribution >= 0.6 is 0 Å². The van der Waals surface area contributed by atoms with Crippen LogP contribution in [0.15, 0.2) is 48.5 Å². The molecule has 0 bridgehead atoms. The van der Waals surface area contributed by atoms with Crippen molar-refractivity contribution in [2.24, 2.45) is 0 Å². The first-order chi connectivity index (χ1) is 14.5. The van der Waals surface area contributed by atoms with Crippen molar-refractivity contribution in [1.82, 2.24) is 4.90 Å². The molecular weight excluding hydrogens is 384 g/mol. The fraction of sp³-hybridized carbons (Fsp3) is 0.391. The molecule has 1 aliphatic heterocycles. The lowest BCUT2D eigenvalue weighted by Crippen LogP contribution is -2.41. The van der Waals surface area contributed by atoms with Crippen molar-refractivity contribution in [2.75, 3.05) is 38.8 Å². The molecule has 1 saturated heterocycles. The quantitative estimate of drug-likeness (QED) is 0.559. The smallest absolute Gasteiger partial charge is 0.251 e. The van der Waals surface area contributed by atoms with Crippen LogP contribution in [0.5, 0.6) is 17.2 Å². The molecule has 2 aromatic carbocycles. The molecule has 0 unspecified atom stereocenters. The third-order valence-electron chi connectivity index (χ3n) is 4.99. The van der Waals surface area contributed by atoms with Gasteiger partial charge in [0.25, 0.3) is 5.91 Å². The first-order valence-electron chi connectivity index (χ1n) is 10.1. The number of carbonyl (C=O) groups excluding carboxylic acids is 2. The van der Waals surface area contributed by atoms with E-state index in [1.54, 1.807) is 31.4 Å². The highest BCUT2D eigenvalue weighted by Crippen LogP contribution is 2.27. The number of methoxy groups -OCH3 is 1. The lowest BCUT2D eigenvalue weighted by atomic mass is 10.2. The predicted octanol–water partition coefficient (Wildman–Crippen LogP) is 3.13. The van der Waals surface area contributed by atoms with Crippen LogP contribution in [0, 0.1) is 0 Å². The maximum absolute atomic E-state index is 12.9. The second kappa shape index (κ2) is 10.1. The van der Waals surface area contributed by atoms with Crippen LogP contribution in [0.3, 0.4) is 0 Å². The first-order valence-corrected chi connectivity index (χ1v) is 10.1. The van der Waals surface area contributed by atoms with Crippen molar-refractivity contribution in [3.05, 3.63) is 48.5 Å². The van der Waals surface area contributed by atoms with Crippen molar-refractivity contribution >= 4 is 17.5 Å². The predicted molar refractivity (Wildman–Crippen MR) is 114 cm³/mol. The number of hydrogen-bond donors (Lipinski definition) is 0. The number of carbonyl (C=O) groups is 2. The number of ether oxygens (including phenoxy) is 3. The molecule has 30 heavy (non-hydrogen) atoms. The summed E-state index contributed by atoms with van der Waals surface area (Å²) in [6.07, 6.45) is 1.08. The van der Waals surface area contributed by atoms with Crippen LogP contribution in [0.1, 0.15) is 19.8 Å². The van der Waals surface area contributed by atoms with Gasteiger partial charge >= 0.3 is 0 Å². The lowest BCUT2D eigenvalue weighted by molar-refractivity contribution is -0.122. The molecule has 2 amide bonds.